The van der Waals surface area contributed by atoms with E-state index in [1.807, 2.05) is 22.6 Å². The number of hydrogen-bond acceptors (Lipinski definition) is 6. The van der Waals surface area contributed by atoms with E-state index in [4.69, 9.17) is 21.1 Å². The van der Waals surface area contributed by atoms with Crippen molar-refractivity contribution in [3.63, 3.8) is 0 Å². The molecule has 0 unspecified atom stereocenters. The molecule has 1 aromatic carbocycles. The Bertz CT molecular complexity index is 1180. The van der Waals surface area contributed by atoms with Crippen molar-refractivity contribution in [1.82, 2.24) is 14.9 Å². The van der Waals surface area contributed by atoms with Crippen LogP contribution in [0.25, 0.3) is 10.9 Å². The SMILES string of the molecule is Fc1c(Br)c(Cl)c2c3c(nc(OC[C@@]45CCCN4C[C@H](F)C5)nc13)N(CC(F)F)[C@@H](/C=C/I)CO2. The van der Waals surface area contributed by atoms with E-state index in [2.05, 4.69) is 30.8 Å². The van der Waals surface area contributed by atoms with Crippen LogP contribution < -0.4 is 14.4 Å². The van der Waals surface area contributed by atoms with Crippen LogP contribution in [0, 0.1) is 5.82 Å². The van der Waals surface area contributed by atoms with E-state index in [9.17, 15) is 13.2 Å². The third kappa shape index (κ3) is 4.56. The monoisotopic (exact) mass is 690 g/mol. The first-order valence-corrected chi connectivity index (χ1v) is 13.5. The Hall–Kier alpha value is -1.12. The molecule has 3 aliphatic rings. The number of ether oxygens (including phenoxy) is 2. The van der Waals surface area contributed by atoms with Crippen molar-refractivity contribution < 1.29 is 27.0 Å². The lowest BCUT2D eigenvalue weighted by molar-refractivity contribution is 0.107. The second-order valence-corrected chi connectivity index (χ2v) is 10.8. The van der Waals surface area contributed by atoms with Crippen molar-refractivity contribution in [1.29, 1.82) is 0 Å². The van der Waals surface area contributed by atoms with E-state index in [-0.39, 0.29) is 51.2 Å². The van der Waals surface area contributed by atoms with Gasteiger partial charge in [-0.3, -0.25) is 4.90 Å². The van der Waals surface area contributed by atoms with Gasteiger partial charge >= 0.3 is 6.01 Å². The quantitative estimate of drug-likeness (QED) is 0.213. The Balaban J connectivity index is 1.62. The highest BCUT2D eigenvalue weighted by atomic mass is 127. The summed E-state index contributed by atoms with van der Waals surface area (Å²) in [5, 5.41) is 0.0588. The number of fused-ring (bicyclic) bond motifs is 1. The molecule has 2 saturated heterocycles. The Morgan fingerprint density at radius 1 is 1.37 bits per heavy atom. The standard InChI is InChI=1S/C22H21BrClF4IN4O2/c23-15-16(24)19-14-18(17(15)28)30-21(35-10-22-3-1-5-32(22)7-11(25)6-22)31-20(14)33(8-13(26)27)12(2-4-29)9-34-19/h2,4,11-13H,1,3,5-10H2/b4-2+/t11-,12+,22+/m1/s1. The van der Waals surface area contributed by atoms with Crippen molar-refractivity contribution in [3.8, 4) is 11.8 Å². The van der Waals surface area contributed by atoms with Crippen LogP contribution in [0.4, 0.5) is 23.4 Å². The fourth-order valence-corrected chi connectivity index (χ4v) is 6.37. The molecule has 190 valence electrons. The lowest BCUT2D eigenvalue weighted by Crippen LogP contribution is -2.43. The zero-order chi connectivity index (χ0) is 24.9. The third-order valence-electron chi connectivity index (χ3n) is 6.82. The van der Waals surface area contributed by atoms with E-state index in [0.29, 0.717) is 13.0 Å². The van der Waals surface area contributed by atoms with Crippen LogP contribution in [0.2, 0.25) is 5.02 Å². The summed E-state index contributed by atoms with van der Waals surface area (Å²) in [6.07, 6.45) is 0.0735. The first-order chi connectivity index (χ1) is 16.7. The van der Waals surface area contributed by atoms with Gasteiger partial charge in [-0.05, 0) is 39.4 Å². The molecule has 0 spiro atoms. The molecule has 3 atom stereocenters. The number of hydrogen-bond donors (Lipinski definition) is 0. The molecule has 3 aliphatic heterocycles. The zero-order valence-corrected chi connectivity index (χ0v) is 22.8. The second kappa shape index (κ2) is 9.97. The summed E-state index contributed by atoms with van der Waals surface area (Å²) in [6, 6.07) is -0.795. The summed E-state index contributed by atoms with van der Waals surface area (Å²) in [6.45, 7) is 0.559. The highest BCUT2D eigenvalue weighted by Gasteiger charge is 2.49. The number of nitrogens with zero attached hydrogens (tertiary/aromatic N) is 4. The molecular weight excluding hydrogens is 671 g/mol. The lowest BCUT2D eigenvalue weighted by Gasteiger charge is -2.31. The average molecular weight is 692 g/mol. The molecule has 0 radical (unpaired) electrons. The number of aromatic nitrogens is 2. The summed E-state index contributed by atoms with van der Waals surface area (Å²) in [4.78, 5) is 12.1. The van der Waals surface area contributed by atoms with Crippen molar-refractivity contribution in [2.45, 2.75) is 43.4 Å². The van der Waals surface area contributed by atoms with Gasteiger partial charge in [0.25, 0.3) is 6.43 Å². The molecule has 0 saturated carbocycles. The number of benzene rings is 1. The zero-order valence-electron chi connectivity index (χ0n) is 18.3. The van der Waals surface area contributed by atoms with E-state index in [0.717, 1.165) is 19.4 Å². The molecule has 1 aromatic heterocycles. The molecule has 5 rings (SSSR count). The fraction of sp³-hybridized carbons (Fsp3) is 0.545. The van der Waals surface area contributed by atoms with Gasteiger partial charge in [-0.15, -0.1) is 0 Å². The van der Waals surface area contributed by atoms with E-state index < -0.39 is 36.5 Å². The van der Waals surface area contributed by atoms with Crippen LogP contribution in [0.15, 0.2) is 14.6 Å². The molecule has 2 aromatic rings. The van der Waals surface area contributed by atoms with Crippen molar-refractivity contribution in [3.05, 3.63) is 25.5 Å². The average Bonchev–Trinajstić information content (AvgIpc) is 3.29. The minimum absolute atomic E-state index is 0.0123. The number of rotatable bonds is 6. The van der Waals surface area contributed by atoms with Gasteiger partial charge in [-0.1, -0.05) is 40.3 Å². The van der Waals surface area contributed by atoms with Crippen molar-refractivity contribution in [2.24, 2.45) is 0 Å². The van der Waals surface area contributed by atoms with Gasteiger partial charge in [0.1, 0.15) is 35.7 Å². The third-order valence-corrected chi connectivity index (χ3v) is 8.57. The maximum absolute atomic E-state index is 15.4. The maximum atomic E-state index is 15.4. The van der Waals surface area contributed by atoms with E-state index >= 15 is 4.39 Å². The maximum Gasteiger partial charge on any atom is 0.319 e. The number of anilines is 1. The van der Waals surface area contributed by atoms with Crippen molar-refractivity contribution >= 4 is 66.8 Å². The molecule has 0 amide bonds. The van der Waals surface area contributed by atoms with Gasteiger partial charge in [0.2, 0.25) is 0 Å². The van der Waals surface area contributed by atoms with E-state index in [1.54, 1.807) is 10.2 Å². The summed E-state index contributed by atoms with van der Waals surface area (Å²) in [5.74, 6) is -0.631. The van der Waals surface area contributed by atoms with Crippen LogP contribution in [0.5, 0.6) is 11.8 Å². The van der Waals surface area contributed by atoms with Crippen LogP contribution in [0.3, 0.4) is 0 Å². The minimum atomic E-state index is -2.70. The lowest BCUT2D eigenvalue weighted by atomic mass is 9.95. The molecular formula is C22H21BrClF4IN4O2. The summed E-state index contributed by atoms with van der Waals surface area (Å²) >= 11 is 11.5. The smallest absolute Gasteiger partial charge is 0.319 e. The predicted octanol–water partition coefficient (Wildman–Crippen LogP) is 5.92. The van der Waals surface area contributed by atoms with E-state index in [1.165, 1.54) is 4.90 Å². The summed E-state index contributed by atoms with van der Waals surface area (Å²) < 4.78 is 70.3. The van der Waals surface area contributed by atoms with Crippen LogP contribution in [0.1, 0.15) is 19.3 Å². The Morgan fingerprint density at radius 2 is 2.17 bits per heavy atom. The largest absolute Gasteiger partial charge is 0.489 e. The van der Waals surface area contributed by atoms with Gasteiger partial charge in [0, 0.05) is 13.0 Å². The highest BCUT2D eigenvalue weighted by Crippen LogP contribution is 2.47. The van der Waals surface area contributed by atoms with Crippen LogP contribution >= 0.6 is 50.1 Å². The molecule has 6 nitrogen and oxygen atoms in total. The first kappa shape index (κ1) is 25.5. The number of alkyl halides is 3. The Kier molecular flexibility index (Phi) is 7.27. The minimum Gasteiger partial charge on any atom is -0.489 e. The molecule has 0 bridgehead atoms. The van der Waals surface area contributed by atoms with Crippen LogP contribution in [-0.4, -0.2) is 71.9 Å². The van der Waals surface area contributed by atoms with Gasteiger partial charge in [0.15, 0.2) is 11.6 Å². The van der Waals surface area contributed by atoms with Crippen LogP contribution in [-0.2, 0) is 0 Å². The topological polar surface area (TPSA) is 50.7 Å². The van der Waals surface area contributed by atoms with Gasteiger partial charge in [-0.2, -0.15) is 9.97 Å². The first-order valence-electron chi connectivity index (χ1n) is 11.1. The fourth-order valence-electron chi connectivity index (χ4n) is 5.29. The second-order valence-electron chi connectivity index (χ2n) is 8.93. The van der Waals surface area contributed by atoms with Gasteiger partial charge in [-0.25, -0.2) is 17.6 Å². The molecule has 35 heavy (non-hydrogen) atoms. The molecule has 4 heterocycles. The highest BCUT2D eigenvalue weighted by molar-refractivity contribution is 14.1. The molecule has 2 fully saturated rings. The summed E-state index contributed by atoms with van der Waals surface area (Å²) in [5.41, 5.74) is -0.640. The number of halogens is 7. The summed E-state index contributed by atoms with van der Waals surface area (Å²) in [7, 11) is 0. The van der Waals surface area contributed by atoms with Crippen molar-refractivity contribution in [2.75, 3.05) is 37.7 Å². The normalized spacial score (nSPS) is 26.6. The van der Waals surface area contributed by atoms with Gasteiger partial charge < -0.3 is 14.4 Å². The Morgan fingerprint density at radius 3 is 2.91 bits per heavy atom. The predicted molar refractivity (Wildman–Crippen MR) is 137 cm³/mol. The Labute approximate surface area is 226 Å². The molecule has 0 aliphatic carbocycles. The molecule has 13 heteroatoms. The van der Waals surface area contributed by atoms with Gasteiger partial charge in [0.05, 0.1) is 28.0 Å². The molecule has 0 N–H and O–H groups in total.